The first kappa shape index (κ1) is 21.1. The van der Waals surface area contributed by atoms with E-state index in [-0.39, 0.29) is 0 Å². The van der Waals surface area contributed by atoms with Gasteiger partial charge in [-0.2, -0.15) is 0 Å². The van der Waals surface area contributed by atoms with Crippen molar-refractivity contribution >= 4 is 5.97 Å². The Morgan fingerprint density at radius 3 is 1.95 bits per heavy atom. The predicted molar refractivity (Wildman–Crippen MR) is 86.4 cm³/mol. The van der Waals surface area contributed by atoms with E-state index in [1.165, 1.54) is 47.0 Å². The van der Waals surface area contributed by atoms with Crippen molar-refractivity contribution in [1.82, 2.24) is 0 Å². The fourth-order valence-corrected chi connectivity index (χ4v) is 2.29. The molecule has 0 aliphatic heterocycles. The van der Waals surface area contributed by atoms with E-state index in [2.05, 4.69) is 13.5 Å². The molecule has 0 aromatic rings. The molecular formula is C17H32O5. The molecule has 0 N–H and O–H groups in total. The highest BCUT2D eigenvalue weighted by Crippen LogP contribution is 2.26. The van der Waals surface area contributed by atoms with Gasteiger partial charge in [-0.1, -0.05) is 45.6 Å². The van der Waals surface area contributed by atoms with E-state index < -0.39 is 18.0 Å². The minimum Gasteiger partial charge on any atom is -0.450 e. The Hall–Kier alpha value is -0.910. The maximum Gasteiger partial charge on any atom is 0.333 e. The number of methoxy groups -OCH3 is 3. The van der Waals surface area contributed by atoms with Gasteiger partial charge < -0.3 is 18.9 Å². The van der Waals surface area contributed by atoms with E-state index in [1.807, 2.05) is 0 Å². The molecule has 0 saturated heterocycles. The van der Waals surface area contributed by atoms with Crippen LogP contribution in [0.5, 0.6) is 0 Å². The molecule has 1 atom stereocenters. The number of carbonyl (C=O) groups excluding carboxylic acids is 1. The minimum atomic E-state index is -1.38. The van der Waals surface area contributed by atoms with Gasteiger partial charge in [0.05, 0.1) is 0 Å². The fourth-order valence-electron chi connectivity index (χ4n) is 2.29. The number of unbranched alkanes of at least 4 members (excludes halogenated alkanes) is 5. The van der Waals surface area contributed by atoms with Crippen LogP contribution in [-0.4, -0.2) is 39.4 Å². The molecular weight excluding hydrogens is 284 g/mol. The largest absolute Gasteiger partial charge is 0.450 e. The molecule has 0 aromatic heterocycles. The molecule has 0 bridgehead atoms. The Morgan fingerprint density at radius 2 is 1.50 bits per heavy atom. The monoisotopic (exact) mass is 316 g/mol. The lowest BCUT2D eigenvalue weighted by molar-refractivity contribution is -0.389. The molecule has 0 heterocycles. The summed E-state index contributed by atoms with van der Waals surface area (Å²) in [6, 6.07) is 0. The summed E-state index contributed by atoms with van der Waals surface area (Å²) in [6.07, 6.45) is 6.85. The van der Waals surface area contributed by atoms with E-state index in [0.717, 1.165) is 12.8 Å². The third-order valence-corrected chi connectivity index (χ3v) is 3.67. The molecule has 0 fully saturated rings. The van der Waals surface area contributed by atoms with Gasteiger partial charge in [0.25, 0.3) is 0 Å². The lowest BCUT2D eigenvalue weighted by Crippen LogP contribution is -2.50. The first-order valence-electron chi connectivity index (χ1n) is 7.99. The van der Waals surface area contributed by atoms with Crippen LogP contribution in [-0.2, 0) is 23.7 Å². The second-order valence-corrected chi connectivity index (χ2v) is 5.45. The maximum atomic E-state index is 11.8. The van der Waals surface area contributed by atoms with Crippen molar-refractivity contribution < 1.29 is 23.7 Å². The standard InChI is InChI=1S/C17H32O5/c1-7-8-9-10-11-12-13-15(22-16(18)14(2)3)17(19-4,20-5)21-6/h15H,2,7-13H2,1,3-6H3. The van der Waals surface area contributed by atoms with Gasteiger partial charge in [-0.25, -0.2) is 4.79 Å². The normalized spacial score (nSPS) is 13.0. The smallest absolute Gasteiger partial charge is 0.333 e. The van der Waals surface area contributed by atoms with Crippen molar-refractivity contribution in [3.05, 3.63) is 12.2 Å². The average molecular weight is 316 g/mol. The van der Waals surface area contributed by atoms with Crippen LogP contribution in [0.3, 0.4) is 0 Å². The highest BCUT2D eigenvalue weighted by molar-refractivity contribution is 5.87. The highest BCUT2D eigenvalue weighted by Gasteiger charge is 2.43. The van der Waals surface area contributed by atoms with Crippen molar-refractivity contribution in [1.29, 1.82) is 0 Å². The molecule has 0 spiro atoms. The molecule has 0 aliphatic carbocycles. The second-order valence-electron chi connectivity index (χ2n) is 5.45. The molecule has 5 nitrogen and oxygen atoms in total. The molecule has 0 rings (SSSR count). The van der Waals surface area contributed by atoms with Crippen LogP contribution in [0.4, 0.5) is 0 Å². The maximum absolute atomic E-state index is 11.8. The molecule has 0 amide bonds. The Morgan fingerprint density at radius 1 is 1.00 bits per heavy atom. The third kappa shape index (κ3) is 6.90. The van der Waals surface area contributed by atoms with Gasteiger partial charge in [-0.3, -0.25) is 0 Å². The Labute approximate surface area is 135 Å². The highest BCUT2D eigenvalue weighted by atomic mass is 16.9. The zero-order valence-corrected chi connectivity index (χ0v) is 14.8. The Bertz CT molecular complexity index is 315. The zero-order valence-electron chi connectivity index (χ0n) is 14.8. The van der Waals surface area contributed by atoms with E-state index in [0.29, 0.717) is 12.0 Å². The van der Waals surface area contributed by atoms with Gasteiger partial charge in [0.2, 0.25) is 0 Å². The van der Waals surface area contributed by atoms with Crippen molar-refractivity contribution in [3.63, 3.8) is 0 Å². The van der Waals surface area contributed by atoms with Gasteiger partial charge in [-0.15, -0.1) is 0 Å². The summed E-state index contributed by atoms with van der Waals surface area (Å²) in [5, 5.41) is 0. The molecule has 5 heteroatoms. The van der Waals surface area contributed by atoms with E-state index in [1.54, 1.807) is 6.92 Å². The molecule has 0 saturated carbocycles. The summed E-state index contributed by atoms with van der Waals surface area (Å²) < 4.78 is 21.4. The Balaban J connectivity index is 4.65. The van der Waals surface area contributed by atoms with Crippen LogP contribution >= 0.6 is 0 Å². The average Bonchev–Trinajstić information content (AvgIpc) is 2.52. The molecule has 1 unspecified atom stereocenters. The van der Waals surface area contributed by atoms with Crippen LogP contribution in [0.25, 0.3) is 0 Å². The van der Waals surface area contributed by atoms with Gasteiger partial charge in [0, 0.05) is 26.9 Å². The molecule has 0 radical (unpaired) electrons. The van der Waals surface area contributed by atoms with Crippen LogP contribution in [0, 0.1) is 0 Å². The summed E-state index contributed by atoms with van der Waals surface area (Å²) in [7, 11) is 4.40. The summed E-state index contributed by atoms with van der Waals surface area (Å²) >= 11 is 0. The SMILES string of the molecule is C=C(C)C(=O)OC(CCCCCCCC)C(OC)(OC)OC. The predicted octanol–water partition coefficient (Wildman–Crippen LogP) is 3.82. The zero-order chi connectivity index (χ0) is 17.0. The number of carbonyl (C=O) groups is 1. The fraction of sp³-hybridized carbons (Fsp3) is 0.824. The number of rotatable bonds is 13. The van der Waals surface area contributed by atoms with Crippen LogP contribution < -0.4 is 0 Å². The Kier molecular flexibility index (Phi) is 11.1. The summed E-state index contributed by atoms with van der Waals surface area (Å²) in [5.41, 5.74) is 0.338. The lowest BCUT2D eigenvalue weighted by atomic mass is 10.1. The number of esters is 1. The van der Waals surface area contributed by atoms with E-state index in [4.69, 9.17) is 18.9 Å². The molecule has 22 heavy (non-hydrogen) atoms. The number of hydrogen-bond donors (Lipinski definition) is 0. The first-order chi connectivity index (χ1) is 10.5. The first-order valence-corrected chi connectivity index (χ1v) is 7.99. The van der Waals surface area contributed by atoms with Crippen LogP contribution in [0.2, 0.25) is 0 Å². The van der Waals surface area contributed by atoms with E-state index in [9.17, 15) is 4.79 Å². The minimum absolute atomic E-state index is 0.338. The van der Waals surface area contributed by atoms with Crippen molar-refractivity contribution in [2.45, 2.75) is 70.9 Å². The van der Waals surface area contributed by atoms with Crippen molar-refractivity contribution in [2.75, 3.05) is 21.3 Å². The number of hydrogen-bond acceptors (Lipinski definition) is 5. The van der Waals surface area contributed by atoms with Crippen molar-refractivity contribution in [2.24, 2.45) is 0 Å². The molecule has 0 aliphatic rings. The molecule has 130 valence electrons. The van der Waals surface area contributed by atoms with Gasteiger partial charge in [0.1, 0.15) is 0 Å². The van der Waals surface area contributed by atoms with Crippen LogP contribution in [0.15, 0.2) is 12.2 Å². The summed E-state index contributed by atoms with van der Waals surface area (Å²) in [5.74, 6) is -1.85. The summed E-state index contributed by atoms with van der Waals surface area (Å²) in [6.45, 7) is 7.40. The van der Waals surface area contributed by atoms with Gasteiger partial charge in [-0.05, 0) is 19.8 Å². The van der Waals surface area contributed by atoms with Gasteiger partial charge in [0.15, 0.2) is 6.10 Å². The van der Waals surface area contributed by atoms with E-state index >= 15 is 0 Å². The number of ether oxygens (including phenoxy) is 4. The summed E-state index contributed by atoms with van der Waals surface area (Å²) in [4.78, 5) is 11.8. The lowest BCUT2D eigenvalue weighted by Gasteiger charge is -2.35. The third-order valence-electron chi connectivity index (χ3n) is 3.67. The van der Waals surface area contributed by atoms with Gasteiger partial charge >= 0.3 is 11.9 Å². The topological polar surface area (TPSA) is 54.0 Å². The van der Waals surface area contributed by atoms with Crippen LogP contribution in [0.1, 0.15) is 58.8 Å². The quantitative estimate of drug-likeness (QED) is 0.224. The second kappa shape index (κ2) is 11.6. The molecule has 0 aromatic carbocycles. The van der Waals surface area contributed by atoms with Crippen molar-refractivity contribution in [3.8, 4) is 0 Å².